The van der Waals surface area contributed by atoms with Crippen LogP contribution in [-0.2, 0) is 4.74 Å². The Morgan fingerprint density at radius 2 is 1.87 bits per heavy atom. The van der Waals surface area contributed by atoms with Crippen LogP contribution in [0.15, 0.2) is 30.5 Å². The maximum atomic E-state index is 12.4. The van der Waals surface area contributed by atoms with E-state index in [2.05, 4.69) is 36.7 Å². The van der Waals surface area contributed by atoms with Gasteiger partial charge >= 0.3 is 6.09 Å². The molecule has 3 aliphatic rings. The van der Waals surface area contributed by atoms with E-state index in [1.54, 1.807) is 23.2 Å². The average molecular weight is 424 g/mol. The molecular formula is C22H29N7O2. The highest BCUT2D eigenvalue weighted by Gasteiger charge is 2.48. The summed E-state index contributed by atoms with van der Waals surface area (Å²) in [7, 11) is 0. The first-order chi connectivity index (χ1) is 15.2. The molecule has 2 aliphatic heterocycles. The molecule has 0 unspecified atom stereocenters. The lowest BCUT2D eigenvalue weighted by Gasteiger charge is -2.35. The molecule has 0 radical (unpaired) electrons. The minimum Gasteiger partial charge on any atom is -0.441 e. The summed E-state index contributed by atoms with van der Waals surface area (Å²) in [6, 6.07) is 7.67. The Balaban J connectivity index is 1.11. The fraction of sp³-hybridized carbons (Fsp3) is 0.591. The van der Waals surface area contributed by atoms with Crippen molar-refractivity contribution in [2.24, 2.45) is 5.92 Å². The first-order valence-electron chi connectivity index (χ1n) is 11.3. The van der Waals surface area contributed by atoms with Gasteiger partial charge in [-0.25, -0.2) is 4.79 Å². The van der Waals surface area contributed by atoms with Crippen molar-refractivity contribution in [3.8, 4) is 0 Å². The van der Waals surface area contributed by atoms with Crippen molar-refractivity contribution in [2.75, 3.05) is 41.3 Å². The van der Waals surface area contributed by atoms with E-state index in [0.29, 0.717) is 18.3 Å². The fourth-order valence-electron chi connectivity index (χ4n) is 4.87. The smallest absolute Gasteiger partial charge is 0.416 e. The van der Waals surface area contributed by atoms with Crippen LogP contribution in [0.2, 0.25) is 0 Å². The predicted molar refractivity (Wildman–Crippen MR) is 117 cm³/mol. The minimum atomic E-state index is -0.402. The van der Waals surface area contributed by atoms with Crippen LogP contribution in [-0.4, -0.2) is 58.3 Å². The van der Waals surface area contributed by atoms with E-state index in [0.717, 1.165) is 57.0 Å². The maximum absolute atomic E-state index is 12.4. The third-order valence-electron chi connectivity index (χ3n) is 6.72. The van der Waals surface area contributed by atoms with Gasteiger partial charge in [-0.05, 0) is 75.1 Å². The summed E-state index contributed by atoms with van der Waals surface area (Å²) in [6.45, 7) is 3.55. The zero-order valence-electron chi connectivity index (χ0n) is 17.7. The second-order valence-corrected chi connectivity index (χ2v) is 8.87. The Bertz CT molecular complexity index is 878. The SMILES string of the molecule is O=C1O[C@]2(CC[C@H](CNc3ccc(N4CCCCC4)nn3)CC2)CN1c1cccnn1. The first kappa shape index (κ1) is 20.0. The van der Waals surface area contributed by atoms with Gasteiger partial charge < -0.3 is 15.0 Å². The van der Waals surface area contributed by atoms with E-state index in [1.165, 1.54) is 19.3 Å². The van der Waals surface area contributed by atoms with E-state index < -0.39 is 5.60 Å². The van der Waals surface area contributed by atoms with E-state index in [-0.39, 0.29) is 6.09 Å². The quantitative estimate of drug-likeness (QED) is 0.783. The summed E-state index contributed by atoms with van der Waals surface area (Å²) >= 11 is 0. The van der Waals surface area contributed by atoms with Gasteiger partial charge in [-0.2, -0.15) is 5.10 Å². The normalized spacial score (nSPS) is 26.2. The number of nitrogens with zero attached hydrogens (tertiary/aromatic N) is 6. The van der Waals surface area contributed by atoms with Crippen molar-refractivity contribution in [2.45, 2.75) is 50.5 Å². The van der Waals surface area contributed by atoms with Crippen molar-refractivity contribution in [3.05, 3.63) is 30.5 Å². The molecular weight excluding hydrogens is 394 g/mol. The summed E-state index contributed by atoms with van der Waals surface area (Å²) in [5.41, 5.74) is -0.402. The molecule has 0 bridgehead atoms. The molecule has 0 aromatic carbocycles. The van der Waals surface area contributed by atoms with Gasteiger partial charge in [0.15, 0.2) is 11.6 Å². The van der Waals surface area contributed by atoms with Crippen molar-refractivity contribution in [3.63, 3.8) is 0 Å². The molecule has 2 saturated heterocycles. The molecule has 2 aromatic heterocycles. The Hall–Kier alpha value is -2.97. The molecule has 4 heterocycles. The van der Waals surface area contributed by atoms with Crippen molar-refractivity contribution in [1.82, 2.24) is 20.4 Å². The maximum Gasteiger partial charge on any atom is 0.416 e. The van der Waals surface area contributed by atoms with Gasteiger partial charge in [0.25, 0.3) is 0 Å². The third-order valence-corrected chi connectivity index (χ3v) is 6.72. The average Bonchev–Trinajstić information content (AvgIpc) is 3.16. The fourth-order valence-corrected chi connectivity index (χ4v) is 4.87. The molecule has 0 atom stereocenters. The van der Waals surface area contributed by atoms with E-state index in [4.69, 9.17) is 4.74 Å². The van der Waals surface area contributed by atoms with Gasteiger partial charge in [-0.1, -0.05) is 0 Å². The lowest BCUT2D eigenvalue weighted by atomic mass is 9.78. The number of hydrogen-bond donors (Lipinski definition) is 1. The molecule has 9 heteroatoms. The Kier molecular flexibility index (Phi) is 5.57. The van der Waals surface area contributed by atoms with Crippen LogP contribution >= 0.6 is 0 Å². The van der Waals surface area contributed by atoms with Crippen LogP contribution in [0.25, 0.3) is 0 Å². The second-order valence-electron chi connectivity index (χ2n) is 8.87. The molecule has 31 heavy (non-hydrogen) atoms. The van der Waals surface area contributed by atoms with Crippen LogP contribution in [0.5, 0.6) is 0 Å². The number of aromatic nitrogens is 4. The van der Waals surface area contributed by atoms with Gasteiger partial charge in [0, 0.05) is 25.8 Å². The zero-order valence-corrected chi connectivity index (χ0v) is 17.7. The topological polar surface area (TPSA) is 96.4 Å². The summed E-state index contributed by atoms with van der Waals surface area (Å²) in [5.74, 6) is 2.88. The molecule has 1 amide bonds. The molecule has 1 spiro atoms. The zero-order chi connectivity index (χ0) is 21.1. The highest BCUT2D eigenvalue weighted by atomic mass is 16.6. The molecule has 2 aromatic rings. The number of ether oxygens (including phenoxy) is 1. The Morgan fingerprint density at radius 1 is 1.03 bits per heavy atom. The van der Waals surface area contributed by atoms with Crippen molar-refractivity contribution < 1.29 is 9.53 Å². The number of hydrogen-bond acceptors (Lipinski definition) is 8. The molecule has 164 valence electrons. The lowest BCUT2D eigenvalue weighted by Crippen LogP contribution is -2.39. The van der Waals surface area contributed by atoms with Crippen LogP contribution in [0, 0.1) is 5.92 Å². The van der Waals surface area contributed by atoms with Gasteiger partial charge in [0.05, 0.1) is 6.54 Å². The van der Waals surface area contributed by atoms with Gasteiger partial charge in [0.1, 0.15) is 11.4 Å². The Morgan fingerprint density at radius 3 is 2.58 bits per heavy atom. The summed E-state index contributed by atoms with van der Waals surface area (Å²) in [6.07, 6.45) is 8.80. The van der Waals surface area contributed by atoms with E-state index >= 15 is 0 Å². The van der Waals surface area contributed by atoms with Gasteiger partial charge in [-0.3, -0.25) is 4.90 Å². The van der Waals surface area contributed by atoms with Crippen LogP contribution < -0.4 is 15.1 Å². The van der Waals surface area contributed by atoms with Crippen molar-refractivity contribution >= 4 is 23.5 Å². The first-order valence-corrected chi connectivity index (χ1v) is 11.3. The number of carbonyl (C=O) groups excluding carboxylic acids is 1. The van der Waals surface area contributed by atoms with Crippen LogP contribution in [0.1, 0.15) is 44.9 Å². The summed E-state index contributed by atoms with van der Waals surface area (Å²) < 4.78 is 5.81. The number of carbonyl (C=O) groups is 1. The second kappa shape index (κ2) is 8.64. The molecule has 5 rings (SSSR count). The van der Waals surface area contributed by atoms with E-state index in [1.807, 2.05) is 6.07 Å². The molecule has 1 N–H and O–H groups in total. The van der Waals surface area contributed by atoms with Gasteiger partial charge in [0.2, 0.25) is 0 Å². The highest BCUT2D eigenvalue weighted by molar-refractivity contribution is 5.89. The number of amides is 1. The minimum absolute atomic E-state index is 0.318. The monoisotopic (exact) mass is 423 g/mol. The molecule has 3 fully saturated rings. The number of nitrogens with one attached hydrogen (secondary N) is 1. The largest absolute Gasteiger partial charge is 0.441 e. The summed E-state index contributed by atoms with van der Waals surface area (Å²) in [5, 5.41) is 20.1. The summed E-state index contributed by atoms with van der Waals surface area (Å²) in [4.78, 5) is 16.3. The van der Waals surface area contributed by atoms with Crippen LogP contribution in [0.4, 0.5) is 22.2 Å². The standard InChI is InChI=1S/C22H29N7O2/c30-21-29(20-5-4-12-24-26-20)16-22(31-21)10-8-17(9-11-22)15-23-18-6-7-19(27-25-18)28-13-2-1-3-14-28/h4-7,12,17H,1-3,8-11,13-16H2,(H,23,25)/t17-,22-. The Labute approximate surface area is 182 Å². The number of piperidine rings is 1. The van der Waals surface area contributed by atoms with Crippen molar-refractivity contribution in [1.29, 1.82) is 0 Å². The van der Waals surface area contributed by atoms with E-state index in [9.17, 15) is 4.79 Å². The molecule has 1 aliphatic carbocycles. The number of anilines is 3. The van der Waals surface area contributed by atoms with Gasteiger partial charge in [-0.15, -0.1) is 15.3 Å². The van der Waals surface area contributed by atoms with Crippen LogP contribution in [0.3, 0.4) is 0 Å². The highest BCUT2D eigenvalue weighted by Crippen LogP contribution is 2.40. The third kappa shape index (κ3) is 4.40. The predicted octanol–water partition coefficient (Wildman–Crippen LogP) is 3.25. The lowest BCUT2D eigenvalue weighted by molar-refractivity contribution is 0.0148. The number of rotatable bonds is 5. The molecule has 9 nitrogen and oxygen atoms in total. The molecule has 1 saturated carbocycles.